The Balaban J connectivity index is 2.18. The van der Waals surface area contributed by atoms with E-state index in [1.165, 1.54) is 7.11 Å². The van der Waals surface area contributed by atoms with Crippen molar-refractivity contribution in [2.75, 3.05) is 14.2 Å². The van der Waals surface area contributed by atoms with Crippen molar-refractivity contribution in [3.05, 3.63) is 52.9 Å². The van der Waals surface area contributed by atoms with Crippen molar-refractivity contribution in [3.63, 3.8) is 0 Å². The molecular weight excluding hydrogens is 316 g/mol. The van der Waals surface area contributed by atoms with Crippen LogP contribution in [-0.2, 0) is 16.2 Å². The molecule has 0 aliphatic heterocycles. The van der Waals surface area contributed by atoms with Gasteiger partial charge in [-0.3, -0.25) is 4.98 Å². The second kappa shape index (κ2) is 6.76. The minimum atomic E-state index is 0.391. The van der Waals surface area contributed by atoms with Crippen LogP contribution < -0.4 is 0 Å². The summed E-state index contributed by atoms with van der Waals surface area (Å²) in [6, 6.07) is 7.50. The van der Waals surface area contributed by atoms with E-state index >= 15 is 0 Å². The van der Waals surface area contributed by atoms with Crippen LogP contribution in [0.15, 0.2) is 41.8 Å². The maximum Gasteiger partial charge on any atom is 0.106 e. The van der Waals surface area contributed by atoms with Gasteiger partial charge >= 0.3 is 0 Å². The first-order chi connectivity index (χ1) is 11.2. The summed E-state index contributed by atoms with van der Waals surface area (Å²) in [4.78, 5) is 9.10. The summed E-state index contributed by atoms with van der Waals surface area (Å²) >= 11 is 6.05. The fourth-order valence-electron chi connectivity index (χ4n) is 2.38. The van der Waals surface area contributed by atoms with Crippen molar-refractivity contribution in [1.29, 1.82) is 0 Å². The molecule has 23 heavy (non-hydrogen) atoms. The highest BCUT2D eigenvalue weighted by atomic mass is 35.5. The molecule has 2 aromatic heterocycles. The molecule has 0 saturated heterocycles. The average molecular weight is 331 g/mol. The molecule has 0 amide bonds. The third-order valence-electron chi connectivity index (χ3n) is 3.39. The van der Waals surface area contributed by atoms with Gasteiger partial charge in [0.05, 0.1) is 35.9 Å². The number of ether oxygens (including phenoxy) is 1. The van der Waals surface area contributed by atoms with Crippen molar-refractivity contribution in [3.8, 4) is 5.69 Å². The molecule has 0 aliphatic rings. The Hall–Kier alpha value is -2.44. The Morgan fingerprint density at radius 3 is 2.96 bits per heavy atom. The third kappa shape index (κ3) is 3.04. The minimum Gasteiger partial charge on any atom is -0.399 e. The number of methoxy groups -OCH3 is 1. The van der Waals surface area contributed by atoms with Crippen LogP contribution in [0.4, 0.5) is 0 Å². The zero-order valence-corrected chi connectivity index (χ0v) is 13.5. The molecule has 1 aromatic carbocycles. The molecule has 0 unspecified atom stereocenters. The molecule has 0 saturated carbocycles. The van der Waals surface area contributed by atoms with E-state index in [1.807, 2.05) is 28.9 Å². The molecule has 3 aromatic rings. The smallest absolute Gasteiger partial charge is 0.106 e. The molecule has 3 rings (SSSR count). The predicted molar refractivity (Wildman–Crippen MR) is 89.2 cm³/mol. The van der Waals surface area contributed by atoms with Crippen molar-refractivity contribution in [1.82, 2.24) is 14.8 Å². The fraction of sp³-hybridized carbons (Fsp3) is 0.188. The molecule has 7 heteroatoms. The Labute approximate surface area is 138 Å². The summed E-state index contributed by atoms with van der Waals surface area (Å²) in [5.41, 5.74) is 3.40. The number of halogens is 1. The number of pyridine rings is 1. The zero-order valence-electron chi connectivity index (χ0n) is 12.7. The summed E-state index contributed by atoms with van der Waals surface area (Å²) in [6.07, 6.45) is 5.06. The molecule has 0 atom stereocenters. The van der Waals surface area contributed by atoms with Gasteiger partial charge in [-0.2, -0.15) is 5.10 Å². The van der Waals surface area contributed by atoms with Gasteiger partial charge in [0.2, 0.25) is 0 Å². The van der Waals surface area contributed by atoms with E-state index in [9.17, 15) is 0 Å². The molecule has 0 radical (unpaired) electrons. The van der Waals surface area contributed by atoms with Gasteiger partial charge in [-0.1, -0.05) is 16.8 Å². The van der Waals surface area contributed by atoms with Gasteiger partial charge in [0.15, 0.2) is 0 Å². The van der Waals surface area contributed by atoms with Gasteiger partial charge in [-0.05, 0) is 24.3 Å². The van der Waals surface area contributed by atoms with E-state index in [1.54, 1.807) is 25.7 Å². The van der Waals surface area contributed by atoms with Crippen LogP contribution in [0.5, 0.6) is 0 Å². The Morgan fingerprint density at radius 1 is 1.30 bits per heavy atom. The van der Waals surface area contributed by atoms with Crippen molar-refractivity contribution < 1.29 is 9.57 Å². The van der Waals surface area contributed by atoms with E-state index in [0.29, 0.717) is 11.6 Å². The van der Waals surface area contributed by atoms with Crippen LogP contribution in [0.1, 0.15) is 11.3 Å². The van der Waals surface area contributed by atoms with E-state index < -0.39 is 0 Å². The summed E-state index contributed by atoms with van der Waals surface area (Å²) < 4.78 is 7.12. The highest BCUT2D eigenvalue weighted by Crippen LogP contribution is 2.25. The van der Waals surface area contributed by atoms with E-state index in [-0.39, 0.29) is 0 Å². The molecule has 0 bridgehead atoms. The number of fused-ring (bicyclic) bond motifs is 1. The number of aromatic nitrogens is 3. The number of hydrogen-bond donors (Lipinski definition) is 0. The molecule has 118 valence electrons. The SMILES string of the molecule is COCc1c(/C=N/OC)cnn1-c1ccnc2cc(Cl)ccc12. The second-order valence-corrected chi connectivity index (χ2v) is 5.24. The number of oxime groups is 1. The standard InChI is InChI=1S/C16H15ClN4O2/c1-22-10-16-11(9-20-23-2)8-19-21(16)15-5-6-18-14-7-12(17)3-4-13(14)15/h3-9H,10H2,1-2H3/b20-9+. The molecular formula is C16H15ClN4O2. The summed E-state index contributed by atoms with van der Waals surface area (Å²) in [7, 11) is 3.13. The highest BCUT2D eigenvalue weighted by Gasteiger charge is 2.14. The van der Waals surface area contributed by atoms with Crippen molar-refractivity contribution in [2.45, 2.75) is 6.61 Å². The zero-order chi connectivity index (χ0) is 16.2. The van der Waals surface area contributed by atoms with Crippen LogP contribution >= 0.6 is 11.6 Å². The van der Waals surface area contributed by atoms with Gasteiger partial charge in [-0.15, -0.1) is 0 Å². The van der Waals surface area contributed by atoms with Gasteiger partial charge < -0.3 is 9.57 Å². The first-order valence-electron chi connectivity index (χ1n) is 6.91. The molecule has 6 nitrogen and oxygen atoms in total. The summed E-state index contributed by atoms with van der Waals surface area (Å²) in [6.45, 7) is 0.391. The number of rotatable bonds is 5. The molecule has 2 heterocycles. The predicted octanol–water partition coefficient (Wildman–Crippen LogP) is 3.20. The van der Waals surface area contributed by atoms with E-state index in [2.05, 4.69) is 15.2 Å². The van der Waals surface area contributed by atoms with Gasteiger partial charge in [0.25, 0.3) is 0 Å². The monoisotopic (exact) mass is 330 g/mol. The lowest BCUT2D eigenvalue weighted by molar-refractivity contribution is 0.179. The average Bonchev–Trinajstić information content (AvgIpc) is 2.95. The fourth-order valence-corrected chi connectivity index (χ4v) is 2.55. The minimum absolute atomic E-state index is 0.391. The van der Waals surface area contributed by atoms with E-state index in [0.717, 1.165) is 27.8 Å². The molecule has 0 fully saturated rings. The summed E-state index contributed by atoms with van der Waals surface area (Å²) in [5.74, 6) is 0. The molecule has 0 aliphatic carbocycles. The lowest BCUT2D eigenvalue weighted by Crippen LogP contribution is -2.06. The van der Waals surface area contributed by atoms with Gasteiger partial charge in [0, 0.05) is 29.3 Å². The van der Waals surface area contributed by atoms with Crippen LogP contribution in [0.25, 0.3) is 16.6 Å². The van der Waals surface area contributed by atoms with E-state index in [4.69, 9.17) is 21.2 Å². The molecule has 0 spiro atoms. The van der Waals surface area contributed by atoms with Crippen LogP contribution in [0.2, 0.25) is 5.02 Å². The normalized spacial score (nSPS) is 11.4. The Bertz CT molecular complexity index is 860. The quantitative estimate of drug-likeness (QED) is 0.532. The van der Waals surface area contributed by atoms with Gasteiger partial charge in [0.1, 0.15) is 7.11 Å². The lowest BCUT2D eigenvalue weighted by Gasteiger charge is -2.10. The second-order valence-electron chi connectivity index (χ2n) is 4.80. The van der Waals surface area contributed by atoms with Gasteiger partial charge in [-0.25, -0.2) is 4.68 Å². The largest absolute Gasteiger partial charge is 0.399 e. The third-order valence-corrected chi connectivity index (χ3v) is 3.62. The summed E-state index contributed by atoms with van der Waals surface area (Å²) in [5, 5.41) is 9.86. The number of nitrogens with zero attached hydrogens (tertiary/aromatic N) is 4. The Kier molecular flexibility index (Phi) is 4.55. The Morgan fingerprint density at radius 2 is 2.17 bits per heavy atom. The van der Waals surface area contributed by atoms with Crippen LogP contribution in [-0.4, -0.2) is 35.2 Å². The first kappa shape index (κ1) is 15.5. The topological polar surface area (TPSA) is 61.5 Å². The first-order valence-corrected chi connectivity index (χ1v) is 7.29. The molecule has 0 N–H and O–H groups in total. The van der Waals surface area contributed by atoms with Crippen molar-refractivity contribution >= 4 is 28.7 Å². The number of benzene rings is 1. The van der Waals surface area contributed by atoms with Crippen LogP contribution in [0.3, 0.4) is 0 Å². The van der Waals surface area contributed by atoms with Crippen LogP contribution in [0, 0.1) is 0 Å². The maximum atomic E-state index is 6.05. The number of hydrogen-bond acceptors (Lipinski definition) is 5. The van der Waals surface area contributed by atoms with Crippen molar-refractivity contribution in [2.24, 2.45) is 5.16 Å². The highest BCUT2D eigenvalue weighted by molar-refractivity contribution is 6.31. The lowest BCUT2D eigenvalue weighted by atomic mass is 10.2. The maximum absolute atomic E-state index is 6.05.